The van der Waals surface area contributed by atoms with Crippen LogP contribution >= 0.6 is 0 Å². The summed E-state index contributed by atoms with van der Waals surface area (Å²) in [6, 6.07) is 18.1. The molecule has 0 unspecified atom stereocenters. The minimum absolute atomic E-state index is 0.115. The molecule has 0 aliphatic carbocycles. The molecule has 4 rings (SSSR count). The van der Waals surface area contributed by atoms with Gasteiger partial charge < -0.3 is 4.90 Å². The number of benzene rings is 2. The summed E-state index contributed by atoms with van der Waals surface area (Å²) in [5.41, 5.74) is 4.32. The first-order valence-corrected chi connectivity index (χ1v) is 8.11. The maximum Gasteiger partial charge on any atom is 0.228 e. The zero-order valence-corrected chi connectivity index (χ0v) is 13.3. The van der Waals surface area contributed by atoms with Gasteiger partial charge in [-0.05, 0) is 29.7 Å². The lowest BCUT2D eigenvalue weighted by molar-refractivity contribution is -0.131. The molecule has 3 aromatic rings. The third-order valence-corrected chi connectivity index (χ3v) is 4.44. The van der Waals surface area contributed by atoms with E-state index in [4.69, 9.17) is 0 Å². The van der Waals surface area contributed by atoms with Crippen LogP contribution in [0.5, 0.6) is 0 Å². The van der Waals surface area contributed by atoms with Crippen molar-refractivity contribution in [2.75, 3.05) is 6.54 Å². The molecule has 0 radical (unpaired) electrons. The molecule has 0 spiro atoms. The van der Waals surface area contributed by atoms with E-state index < -0.39 is 0 Å². The fourth-order valence-electron chi connectivity index (χ4n) is 3.14. The Kier molecular flexibility index (Phi) is 3.83. The fourth-order valence-corrected chi connectivity index (χ4v) is 3.14. The molecule has 2 aromatic carbocycles. The van der Waals surface area contributed by atoms with Crippen LogP contribution in [0.1, 0.15) is 16.8 Å². The highest BCUT2D eigenvalue weighted by Crippen LogP contribution is 2.19. The maximum absolute atomic E-state index is 12.7. The lowest BCUT2D eigenvalue weighted by Crippen LogP contribution is -2.37. The van der Waals surface area contributed by atoms with E-state index in [9.17, 15) is 4.79 Å². The van der Waals surface area contributed by atoms with Crippen molar-refractivity contribution in [3.63, 3.8) is 0 Å². The van der Waals surface area contributed by atoms with Gasteiger partial charge in [0.25, 0.3) is 0 Å². The van der Waals surface area contributed by atoms with Crippen molar-refractivity contribution >= 4 is 5.91 Å². The van der Waals surface area contributed by atoms with Crippen LogP contribution in [0.3, 0.4) is 0 Å². The van der Waals surface area contributed by atoms with E-state index in [1.54, 1.807) is 10.9 Å². The number of hydrogen-bond donors (Lipinski definition) is 0. The summed E-state index contributed by atoms with van der Waals surface area (Å²) in [5.74, 6) is 0.115. The number of carbonyl (C=O) groups is 1. The van der Waals surface area contributed by atoms with E-state index in [0.717, 1.165) is 24.3 Å². The molecule has 0 N–H and O–H groups in total. The minimum Gasteiger partial charge on any atom is -0.338 e. The van der Waals surface area contributed by atoms with Crippen LogP contribution < -0.4 is 0 Å². The van der Waals surface area contributed by atoms with E-state index in [-0.39, 0.29) is 5.91 Å². The van der Waals surface area contributed by atoms with Crippen molar-refractivity contribution in [2.24, 2.45) is 0 Å². The SMILES string of the molecule is O=C(Cc1cnnn1-c1ccccc1)N1CCc2ccccc2C1. The van der Waals surface area contributed by atoms with E-state index in [2.05, 4.69) is 28.5 Å². The lowest BCUT2D eigenvalue weighted by atomic mass is 9.99. The molecule has 120 valence electrons. The zero-order chi connectivity index (χ0) is 16.4. The molecule has 1 amide bonds. The Hall–Kier alpha value is -2.95. The van der Waals surface area contributed by atoms with Crippen molar-refractivity contribution in [3.05, 3.63) is 77.6 Å². The van der Waals surface area contributed by atoms with Gasteiger partial charge in [-0.1, -0.05) is 47.7 Å². The van der Waals surface area contributed by atoms with Gasteiger partial charge in [0.1, 0.15) is 0 Å². The van der Waals surface area contributed by atoms with Crippen LogP contribution in [-0.4, -0.2) is 32.3 Å². The second-order valence-electron chi connectivity index (χ2n) is 5.98. The molecule has 1 aliphatic heterocycles. The summed E-state index contributed by atoms with van der Waals surface area (Å²) >= 11 is 0. The van der Waals surface area contributed by atoms with Crippen molar-refractivity contribution in [1.82, 2.24) is 19.9 Å². The first-order chi connectivity index (χ1) is 11.8. The molecule has 2 heterocycles. The van der Waals surface area contributed by atoms with Crippen LogP contribution in [-0.2, 0) is 24.2 Å². The normalized spacial score (nSPS) is 13.6. The summed E-state index contributed by atoms with van der Waals surface area (Å²) in [4.78, 5) is 14.6. The number of fused-ring (bicyclic) bond motifs is 1. The van der Waals surface area contributed by atoms with Gasteiger partial charge in [-0.3, -0.25) is 4.79 Å². The van der Waals surface area contributed by atoms with Crippen molar-refractivity contribution in [2.45, 2.75) is 19.4 Å². The van der Waals surface area contributed by atoms with Gasteiger partial charge in [0.05, 0.1) is 24.0 Å². The first-order valence-electron chi connectivity index (χ1n) is 8.11. The number of aromatic nitrogens is 3. The minimum atomic E-state index is 0.115. The Morgan fingerprint density at radius 3 is 2.58 bits per heavy atom. The van der Waals surface area contributed by atoms with Crippen molar-refractivity contribution in [1.29, 1.82) is 0 Å². The van der Waals surface area contributed by atoms with Gasteiger partial charge >= 0.3 is 0 Å². The van der Waals surface area contributed by atoms with Crippen LogP contribution in [0.25, 0.3) is 5.69 Å². The van der Waals surface area contributed by atoms with Gasteiger partial charge in [-0.2, -0.15) is 0 Å². The molecule has 5 nitrogen and oxygen atoms in total. The summed E-state index contributed by atoms with van der Waals surface area (Å²) in [6.45, 7) is 1.45. The van der Waals surface area contributed by atoms with Gasteiger partial charge in [-0.15, -0.1) is 5.10 Å². The number of amides is 1. The van der Waals surface area contributed by atoms with Crippen molar-refractivity contribution < 1.29 is 4.79 Å². The molecule has 1 aliphatic rings. The summed E-state index contributed by atoms with van der Waals surface area (Å²) in [5, 5.41) is 8.09. The van der Waals surface area contributed by atoms with Crippen LogP contribution in [0.4, 0.5) is 0 Å². The fraction of sp³-hybridized carbons (Fsp3) is 0.211. The highest BCUT2D eigenvalue weighted by Gasteiger charge is 2.22. The average Bonchev–Trinajstić information content (AvgIpc) is 3.10. The molecular weight excluding hydrogens is 300 g/mol. The third kappa shape index (κ3) is 2.80. The van der Waals surface area contributed by atoms with Gasteiger partial charge in [0, 0.05) is 13.1 Å². The number of nitrogens with zero attached hydrogens (tertiary/aromatic N) is 4. The summed E-state index contributed by atoms with van der Waals surface area (Å²) < 4.78 is 1.73. The number of hydrogen-bond acceptors (Lipinski definition) is 3. The summed E-state index contributed by atoms with van der Waals surface area (Å²) in [7, 11) is 0. The Bertz CT molecular complexity index is 857. The van der Waals surface area contributed by atoms with E-state index >= 15 is 0 Å². The van der Waals surface area contributed by atoms with E-state index in [0.29, 0.717) is 13.0 Å². The topological polar surface area (TPSA) is 51.0 Å². The zero-order valence-electron chi connectivity index (χ0n) is 13.3. The molecule has 0 saturated heterocycles. The predicted octanol–water partition coefficient (Wildman–Crippen LogP) is 2.39. The second-order valence-corrected chi connectivity index (χ2v) is 5.98. The standard InChI is InChI=1S/C19H18N4O/c24-19(22-11-10-15-6-4-5-7-16(15)14-22)12-18-13-20-21-23(18)17-8-2-1-3-9-17/h1-9,13H,10-12,14H2. The lowest BCUT2D eigenvalue weighted by Gasteiger charge is -2.29. The van der Waals surface area contributed by atoms with Gasteiger partial charge in [0.15, 0.2) is 0 Å². The van der Waals surface area contributed by atoms with Gasteiger partial charge in [0.2, 0.25) is 5.91 Å². The Balaban J connectivity index is 1.51. The average molecular weight is 318 g/mol. The Morgan fingerprint density at radius 2 is 1.75 bits per heavy atom. The molecule has 0 atom stereocenters. The second kappa shape index (κ2) is 6.28. The van der Waals surface area contributed by atoms with E-state index in [1.807, 2.05) is 41.3 Å². The molecule has 0 bridgehead atoms. The van der Waals surface area contributed by atoms with E-state index in [1.165, 1.54) is 11.1 Å². The molecule has 5 heteroatoms. The van der Waals surface area contributed by atoms with Gasteiger partial charge in [-0.25, -0.2) is 4.68 Å². The molecule has 24 heavy (non-hydrogen) atoms. The maximum atomic E-state index is 12.7. The molecule has 0 saturated carbocycles. The van der Waals surface area contributed by atoms with Crippen molar-refractivity contribution in [3.8, 4) is 5.69 Å². The van der Waals surface area contributed by atoms with Crippen LogP contribution in [0.15, 0.2) is 60.8 Å². The Morgan fingerprint density at radius 1 is 1.00 bits per heavy atom. The number of carbonyl (C=O) groups excluding carboxylic acids is 1. The molecule has 0 fully saturated rings. The van der Waals surface area contributed by atoms with Crippen LogP contribution in [0.2, 0.25) is 0 Å². The highest BCUT2D eigenvalue weighted by atomic mass is 16.2. The predicted molar refractivity (Wildman–Crippen MR) is 90.6 cm³/mol. The number of rotatable bonds is 3. The highest BCUT2D eigenvalue weighted by molar-refractivity contribution is 5.78. The Labute approximate surface area is 140 Å². The monoisotopic (exact) mass is 318 g/mol. The molecular formula is C19H18N4O. The third-order valence-electron chi connectivity index (χ3n) is 4.44. The first kappa shape index (κ1) is 14.6. The number of para-hydroxylation sites is 1. The summed E-state index contributed by atoms with van der Waals surface area (Å²) in [6.07, 6.45) is 2.89. The largest absolute Gasteiger partial charge is 0.338 e. The quantitative estimate of drug-likeness (QED) is 0.745. The smallest absolute Gasteiger partial charge is 0.228 e. The molecule has 1 aromatic heterocycles. The van der Waals surface area contributed by atoms with Crippen LogP contribution in [0, 0.1) is 0 Å².